The number of hydrogen-bond acceptors (Lipinski definition) is 5. The Morgan fingerprint density at radius 2 is 2.26 bits per heavy atom. The minimum atomic E-state index is -0.523. The van der Waals surface area contributed by atoms with Crippen LogP contribution >= 0.6 is 0 Å². The molecule has 0 bridgehead atoms. The topological polar surface area (TPSA) is 77.3 Å². The van der Waals surface area contributed by atoms with Gasteiger partial charge in [-0.1, -0.05) is 6.92 Å². The van der Waals surface area contributed by atoms with Gasteiger partial charge in [0, 0.05) is 20.2 Å². The minimum absolute atomic E-state index is 0.0785. The highest BCUT2D eigenvalue weighted by Crippen LogP contribution is 2.21. The van der Waals surface area contributed by atoms with Crippen LogP contribution < -0.4 is 4.90 Å². The van der Waals surface area contributed by atoms with Crippen molar-refractivity contribution in [3.05, 3.63) is 36.2 Å². The summed E-state index contributed by atoms with van der Waals surface area (Å²) in [5.41, 5.74) is 0.761. The molecule has 1 amide bonds. The van der Waals surface area contributed by atoms with E-state index in [1.165, 1.54) is 35.2 Å². The van der Waals surface area contributed by atoms with Crippen LogP contribution in [-0.4, -0.2) is 47.7 Å². The van der Waals surface area contributed by atoms with Crippen LogP contribution in [0.3, 0.4) is 0 Å². The molecule has 0 fully saturated rings. The van der Waals surface area contributed by atoms with Crippen LogP contribution in [0.5, 0.6) is 0 Å². The summed E-state index contributed by atoms with van der Waals surface area (Å²) in [5.74, 6) is -1.11. The number of nitrogens with zero attached hydrogens (tertiary/aromatic N) is 4. The monoisotopic (exact) mass is 320 g/mol. The highest BCUT2D eigenvalue weighted by Gasteiger charge is 2.23. The molecule has 2 aromatic heterocycles. The van der Waals surface area contributed by atoms with Crippen LogP contribution in [0.2, 0.25) is 0 Å². The van der Waals surface area contributed by atoms with E-state index in [0.29, 0.717) is 17.7 Å². The number of aromatic nitrogens is 3. The predicted molar refractivity (Wildman–Crippen MR) is 81.2 cm³/mol. The molecule has 2 heterocycles. The van der Waals surface area contributed by atoms with Gasteiger partial charge < -0.3 is 9.64 Å². The molecule has 7 nitrogen and oxygen atoms in total. The van der Waals surface area contributed by atoms with Gasteiger partial charge in [0.05, 0.1) is 42.5 Å². The van der Waals surface area contributed by atoms with Crippen molar-refractivity contribution in [1.82, 2.24) is 14.8 Å². The fourth-order valence-corrected chi connectivity index (χ4v) is 2.15. The zero-order chi connectivity index (χ0) is 17.0. The van der Waals surface area contributed by atoms with Crippen LogP contribution in [-0.2, 0) is 9.53 Å². The zero-order valence-corrected chi connectivity index (χ0v) is 13.1. The van der Waals surface area contributed by atoms with Crippen molar-refractivity contribution in [3.8, 4) is 5.69 Å². The van der Waals surface area contributed by atoms with Crippen LogP contribution in [0, 0.1) is 11.7 Å². The molecule has 0 spiro atoms. The summed E-state index contributed by atoms with van der Waals surface area (Å²) in [7, 11) is 3.06. The van der Waals surface area contributed by atoms with Gasteiger partial charge in [-0.25, -0.2) is 9.07 Å². The molecular formula is C15H17FN4O3. The molecule has 1 unspecified atom stereocenters. The lowest BCUT2D eigenvalue weighted by Gasteiger charge is -2.19. The van der Waals surface area contributed by atoms with Gasteiger partial charge in [-0.15, -0.1) is 0 Å². The molecule has 0 aromatic carbocycles. The maximum atomic E-state index is 13.3. The Morgan fingerprint density at radius 3 is 2.87 bits per heavy atom. The largest absolute Gasteiger partial charge is 0.384 e. The van der Waals surface area contributed by atoms with E-state index < -0.39 is 5.82 Å². The molecular weight excluding hydrogens is 303 g/mol. The lowest BCUT2D eigenvalue weighted by molar-refractivity contribution is -0.123. The van der Waals surface area contributed by atoms with E-state index in [2.05, 4.69) is 10.1 Å². The number of anilines is 1. The van der Waals surface area contributed by atoms with Crippen LogP contribution in [0.25, 0.3) is 5.69 Å². The quantitative estimate of drug-likeness (QED) is 0.753. The van der Waals surface area contributed by atoms with Crippen LogP contribution in [0.4, 0.5) is 10.1 Å². The number of hydrogen-bond donors (Lipinski definition) is 0. The number of ether oxygens (including phenoxy) is 1. The van der Waals surface area contributed by atoms with Crippen molar-refractivity contribution in [2.75, 3.05) is 25.7 Å². The predicted octanol–water partition coefficient (Wildman–Crippen LogP) is 1.46. The van der Waals surface area contributed by atoms with Gasteiger partial charge in [-0.05, 0) is 0 Å². The number of amides is 1. The van der Waals surface area contributed by atoms with Gasteiger partial charge in [0.1, 0.15) is 11.5 Å². The fourth-order valence-electron chi connectivity index (χ4n) is 2.15. The van der Waals surface area contributed by atoms with Gasteiger partial charge in [0.15, 0.2) is 6.29 Å². The Morgan fingerprint density at radius 1 is 1.52 bits per heavy atom. The van der Waals surface area contributed by atoms with Gasteiger partial charge in [-0.3, -0.25) is 14.6 Å². The van der Waals surface area contributed by atoms with Crippen molar-refractivity contribution >= 4 is 17.9 Å². The summed E-state index contributed by atoms with van der Waals surface area (Å²) >= 11 is 0. The van der Waals surface area contributed by atoms with Gasteiger partial charge in [0.2, 0.25) is 5.91 Å². The number of halogens is 1. The third-order valence-electron chi connectivity index (χ3n) is 3.32. The molecule has 2 rings (SSSR count). The van der Waals surface area contributed by atoms with E-state index >= 15 is 0 Å². The van der Waals surface area contributed by atoms with E-state index in [-0.39, 0.29) is 24.1 Å². The normalized spacial score (nSPS) is 12.0. The van der Waals surface area contributed by atoms with Crippen LogP contribution in [0.15, 0.2) is 24.7 Å². The Bertz CT molecular complexity index is 716. The summed E-state index contributed by atoms with van der Waals surface area (Å²) in [6, 6.07) is 1.23. The zero-order valence-electron chi connectivity index (χ0n) is 13.1. The molecule has 0 aliphatic rings. The summed E-state index contributed by atoms with van der Waals surface area (Å²) in [4.78, 5) is 28.6. The SMILES string of the molecule is COCC(C)C(=O)N(C)c1cn(-c2cncc(F)c2)nc1C=O. The third-order valence-corrected chi connectivity index (χ3v) is 3.32. The number of aldehydes is 1. The molecule has 0 saturated carbocycles. The number of methoxy groups -OCH3 is 1. The second kappa shape index (κ2) is 7.10. The molecule has 1 atom stereocenters. The first-order chi connectivity index (χ1) is 11.0. The fraction of sp³-hybridized carbons (Fsp3) is 0.333. The molecule has 0 aliphatic heterocycles. The summed E-state index contributed by atoms with van der Waals surface area (Å²) < 4.78 is 19.5. The lowest BCUT2D eigenvalue weighted by Crippen LogP contribution is -2.33. The van der Waals surface area contributed by atoms with Gasteiger partial charge in [0.25, 0.3) is 0 Å². The molecule has 122 valence electrons. The molecule has 0 N–H and O–H groups in total. The number of pyridine rings is 1. The Balaban J connectivity index is 2.36. The second-order valence-corrected chi connectivity index (χ2v) is 5.08. The Labute approximate surface area is 132 Å². The van der Waals surface area contributed by atoms with E-state index in [0.717, 1.165) is 6.20 Å². The van der Waals surface area contributed by atoms with E-state index in [4.69, 9.17) is 4.74 Å². The maximum Gasteiger partial charge on any atom is 0.231 e. The summed E-state index contributed by atoms with van der Waals surface area (Å²) in [5, 5.41) is 4.07. The summed E-state index contributed by atoms with van der Waals surface area (Å²) in [6.07, 6.45) is 4.50. The third kappa shape index (κ3) is 3.59. The molecule has 23 heavy (non-hydrogen) atoms. The highest BCUT2D eigenvalue weighted by molar-refractivity contribution is 5.98. The lowest BCUT2D eigenvalue weighted by atomic mass is 10.1. The van der Waals surface area contributed by atoms with Gasteiger partial charge >= 0.3 is 0 Å². The number of carbonyl (C=O) groups excluding carboxylic acids is 2. The van der Waals surface area contributed by atoms with Crippen molar-refractivity contribution in [2.24, 2.45) is 5.92 Å². The molecule has 0 radical (unpaired) electrons. The van der Waals surface area contributed by atoms with Crippen molar-refractivity contribution in [3.63, 3.8) is 0 Å². The van der Waals surface area contributed by atoms with E-state index in [1.807, 2.05) is 0 Å². The second-order valence-electron chi connectivity index (χ2n) is 5.08. The van der Waals surface area contributed by atoms with E-state index in [9.17, 15) is 14.0 Å². The average Bonchev–Trinajstić information content (AvgIpc) is 2.98. The minimum Gasteiger partial charge on any atom is -0.384 e. The smallest absolute Gasteiger partial charge is 0.231 e. The average molecular weight is 320 g/mol. The molecule has 8 heteroatoms. The number of rotatable bonds is 6. The maximum absolute atomic E-state index is 13.3. The molecule has 0 aliphatic carbocycles. The van der Waals surface area contributed by atoms with Crippen molar-refractivity contribution < 1.29 is 18.7 Å². The van der Waals surface area contributed by atoms with Gasteiger partial charge in [-0.2, -0.15) is 5.10 Å². The number of carbonyl (C=O) groups is 2. The summed E-state index contributed by atoms with van der Waals surface area (Å²) in [6.45, 7) is 1.99. The molecule has 0 saturated heterocycles. The Hall–Kier alpha value is -2.61. The van der Waals surface area contributed by atoms with E-state index in [1.54, 1.807) is 14.0 Å². The highest BCUT2D eigenvalue weighted by atomic mass is 19.1. The Kier molecular flexibility index (Phi) is 5.17. The van der Waals surface area contributed by atoms with Crippen molar-refractivity contribution in [1.29, 1.82) is 0 Å². The van der Waals surface area contributed by atoms with Crippen LogP contribution in [0.1, 0.15) is 17.4 Å². The first-order valence-electron chi connectivity index (χ1n) is 6.90. The standard InChI is InChI=1S/C15H17FN4O3/c1-10(9-23-3)15(22)19(2)14-7-20(18-13(14)8-21)12-4-11(16)5-17-6-12/h4-8,10H,9H2,1-3H3. The molecule has 2 aromatic rings. The van der Waals surface area contributed by atoms with Crippen molar-refractivity contribution in [2.45, 2.75) is 6.92 Å². The first-order valence-corrected chi connectivity index (χ1v) is 6.90. The first kappa shape index (κ1) is 16.8.